The summed E-state index contributed by atoms with van der Waals surface area (Å²) in [6, 6.07) is 3.50. The predicted octanol–water partition coefficient (Wildman–Crippen LogP) is 1.39. The highest BCUT2D eigenvalue weighted by Gasteiger charge is 2.63. The van der Waals surface area contributed by atoms with E-state index in [1.807, 2.05) is 0 Å². The quantitative estimate of drug-likeness (QED) is 0.649. The van der Waals surface area contributed by atoms with Gasteiger partial charge in [-0.05, 0) is 46.8 Å². The number of aromatic nitrogens is 3. The van der Waals surface area contributed by atoms with Crippen LogP contribution in [0.4, 0.5) is 10.6 Å². The molecular formula is C20H28N4O7. The van der Waals surface area contributed by atoms with E-state index < -0.39 is 54.6 Å². The van der Waals surface area contributed by atoms with Gasteiger partial charge >= 0.3 is 6.09 Å². The summed E-state index contributed by atoms with van der Waals surface area (Å²) in [5.74, 6) is -0.636. The van der Waals surface area contributed by atoms with E-state index in [4.69, 9.17) is 18.9 Å². The fourth-order valence-corrected chi connectivity index (χ4v) is 4.00. The van der Waals surface area contributed by atoms with Crippen molar-refractivity contribution < 1.29 is 34.0 Å². The zero-order valence-electron chi connectivity index (χ0n) is 18.2. The van der Waals surface area contributed by atoms with E-state index in [9.17, 15) is 15.0 Å². The SMILES string of the molecule is CC(C)(C)OC(=O)Nc1ncnn2c(C3OC(CO)(CO)C4OC(C)(C)OC34)ccc12. The van der Waals surface area contributed by atoms with Gasteiger partial charge in [0.1, 0.15) is 41.4 Å². The highest BCUT2D eigenvalue weighted by atomic mass is 16.8. The van der Waals surface area contributed by atoms with Gasteiger partial charge in [-0.25, -0.2) is 14.3 Å². The maximum absolute atomic E-state index is 12.2. The van der Waals surface area contributed by atoms with Gasteiger partial charge in [-0.15, -0.1) is 0 Å². The Bertz CT molecular complexity index is 980. The number of hydrogen-bond donors (Lipinski definition) is 3. The van der Waals surface area contributed by atoms with Crippen LogP contribution in [-0.4, -0.2) is 73.3 Å². The second-order valence-electron chi connectivity index (χ2n) is 9.23. The number of hydrogen-bond acceptors (Lipinski definition) is 9. The Balaban J connectivity index is 1.68. The molecule has 31 heavy (non-hydrogen) atoms. The van der Waals surface area contributed by atoms with Crippen molar-refractivity contribution in [1.29, 1.82) is 0 Å². The number of aliphatic hydroxyl groups is 2. The number of ether oxygens (including phenoxy) is 4. The van der Waals surface area contributed by atoms with Gasteiger partial charge in [0.05, 0.1) is 18.9 Å². The number of nitrogens with zero attached hydrogens (tertiary/aromatic N) is 3. The van der Waals surface area contributed by atoms with Crippen molar-refractivity contribution in [3.8, 4) is 0 Å². The van der Waals surface area contributed by atoms with Crippen LogP contribution in [0, 0.1) is 0 Å². The summed E-state index contributed by atoms with van der Waals surface area (Å²) >= 11 is 0. The number of aliphatic hydroxyl groups excluding tert-OH is 2. The third kappa shape index (κ3) is 3.87. The van der Waals surface area contributed by atoms with Crippen LogP contribution < -0.4 is 5.32 Å². The molecule has 2 aromatic heterocycles. The smallest absolute Gasteiger partial charge is 0.413 e. The minimum Gasteiger partial charge on any atom is -0.444 e. The van der Waals surface area contributed by atoms with Gasteiger partial charge in [-0.1, -0.05) is 0 Å². The average Bonchev–Trinajstić information content (AvgIpc) is 3.30. The average molecular weight is 436 g/mol. The van der Waals surface area contributed by atoms with Gasteiger partial charge in [0.2, 0.25) is 0 Å². The molecule has 2 saturated heterocycles. The lowest BCUT2D eigenvalue weighted by molar-refractivity contribution is -0.224. The molecule has 4 heterocycles. The van der Waals surface area contributed by atoms with Crippen molar-refractivity contribution in [1.82, 2.24) is 14.6 Å². The van der Waals surface area contributed by atoms with Crippen LogP contribution >= 0.6 is 0 Å². The molecule has 0 saturated carbocycles. The van der Waals surface area contributed by atoms with Crippen LogP contribution in [0.2, 0.25) is 0 Å². The molecule has 11 heteroatoms. The molecule has 4 rings (SSSR count). The molecule has 0 radical (unpaired) electrons. The Kier molecular flexibility index (Phi) is 5.22. The lowest BCUT2D eigenvalue weighted by Gasteiger charge is -2.31. The summed E-state index contributed by atoms with van der Waals surface area (Å²) in [5.41, 5.74) is -0.854. The Morgan fingerprint density at radius 3 is 2.58 bits per heavy atom. The number of fused-ring (bicyclic) bond motifs is 2. The molecule has 2 aromatic rings. The predicted molar refractivity (Wildman–Crippen MR) is 107 cm³/mol. The Labute approximate surface area is 179 Å². The lowest BCUT2D eigenvalue weighted by atomic mass is 9.95. The van der Waals surface area contributed by atoms with Gasteiger partial charge in [-0.3, -0.25) is 5.32 Å². The normalized spacial score (nSPS) is 26.7. The molecular weight excluding hydrogens is 408 g/mol. The summed E-state index contributed by atoms with van der Waals surface area (Å²) < 4.78 is 25.0. The molecule has 0 aliphatic carbocycles. The zero-order chi connectivity index (χ0) is 22.6. The maximum atomic E-state index is 12.2. The van der Waals surface area contributed by atoms with E-state index in [1.165, 1.54) is 6.33 Å². The maximum Gasteiger partial charge on any atom is 0.413 e. The molecule has 2 aliphatic rings. The number of rotatable bonds is 4. The first-order valence-corrected chi connectivity index (χ1v) is 10.1. The third-order valence-electron chi connectivity index (χ3n) is 5.24. The molecule has 3 atom stereocenters. The summed E-state index contributed by atoms with van der Waals surface area (Å²) in [6.07, 6.45) is -1.27. The standard InChI is InChI=1S/C20H28N4O7/c1-18(2,3)31-17(27)23-16-12-7-6-11(24(12)22-10-21-16)13-14-15(30-19(4,5)28-14)20(8-25,9-26)29-13/h6-7,10,13-15,25-26H,8-9H2,1-5H3,(H,21,22,23,27). The zero-order valence-corrected chi connectivity index (χ0v) is 18.2. The van der Waals surface area contributed by atoms with Gasteiger partial charge in [0.15, 0.2) is 11.6 Å². The van der Waals surface area contributed by atoms with Crippen LogP contribution in [0.5, 0.6) is 0 Å². The van der Waals surface area contributed by atoms with Crippen molar-refractivity contribution in [3.05, 3.63) is 24.2 Å². The van der Waals surface area contributed by atoms with E-state index in [2.05, 4.69) is 15.4 Å². The minimum absolute atomic E-state index is 0.268. The first-order valence-electron chi connectivity index (χ1n) is 10.1. The van der Waals surface area contributed by atoms with E-state index in [-0.39, 0.29) is 5.82 Å². The van der Waals surface area contributed by atoms with Gasteiger partial charge < -0.3 is 29.2 Å². The summed E-state index contributed by atoms with van der Waals surface area (Å²) in [7, 11) is 0. The van der Waals surface area contributed by atoms with Gasteiger partial charge in [-0.2, -0.15) is 5.10 Å². The molecule has 0 spiro atoms. The first-order chi connectivity index (χ1) is 14.5. The molecule has 11 nitrogen and oxygen atoms in total. The van der Waals surface area contributed by atoms with Crippen molar-refractivity contribution in [2.45, 2.75) is 69.9 Å². The van der Waals surface area contributed by atoms with Crippen LogP contribution in [0.3, 0.4) is 0 Å². The fourth-order valence-electron chi connectivity index (χ4n) is 4.00. The molecule has 2 fully saturated rings. The summed E-state index contributed by atoms with van der Waals surface area (Å²) in [5, 5.41) is 26.9. The molecule has 2 aliphatic heterocycles. The first kappa shape index (κ1) is 21.9. The van der Waals surface area contributed by atoms with Crippen LogP contribution in [0.1, 0.15) is 46.4 Å². The number of carbonyl (C=O) groups excluding carboxylic acids is 1. The van der Waals surface area contributed by atoms with Crippen LogP contribution in [0.15, 0.2) is 18.5 Å². The Morgan fingerprint density at radius 2 is 1.94 bits per heavy atom. The Hall–Kier alpha value is -2.31. The van der Waals surface area contributed by atoms with Crippen LogP contribution in [-0.2, 0) is 18.9 Å². The second-order valence-corrected chi connectivity index (χ2v) is 9.23. The number of amides is 1. The monoisotopic (exact) mass is 436 g/mol. The Morgan fingerprint density at radius 1 is 1.23 bits per heavy atom. The fraction of sp³-hybridized carbons (Fsp3) is 0.650. The van der Waals surface area contributed by atoms with E-state index in [0.717, 1.165) is 0 Å². The highest BCUT2D eigenvalue weighted by molar-refractivity contribution is 5.88. The van der Waals surface area contributed by atoms with Crippen molar-refractivity contribution in [2.75, 3.05) is 18.5 Å². The minimum atomic E-state index is -1.32. The van der Waals surface area contributed by atoms with E-state index >= 15 is 0 Å². The molecule has 3 unspecified atom stereocenters. The molecule has 3 N–H and O–H groups in total. The van der Waals surface area contributed by atoms with Crippen LogP contribution in [0.25, 0.3) is 5.52 Å². The van der Waals surface area contributed by atoms with Crippen molar-refractivity contribution in [3.63, 3.8) is 0 Å². The highest BCUT2D eigenvalue weighted by Crippen LogP contribution is 2.49. The number of carbonyl (C=O) groups is 1. The molecule has 1 amide bonds. The van der Waals surface area contributed by atoms with Crippen molar-refractivity contribution in [2.24, 2.45) is 0 Å². The summed E-state index contributed by atoms with van der Waals surface area (Å²) in [6.45, 7) is 7.96. The van der Waals surface area contributed by atoms with Crippen molar-refractivity contribution >= 4 is 17.4 Å². The van der Waals surface area contributed by atoms with Gasteiger partial charge in [0, 0.05) is 0 Å². The van der Waals surface area contributed by atoms with Gasteiger partial charge in [0.25, 0.3) is 0 Å². The lowest BCUT2D eigenvalue weighted by Crippen LogP contribution is -2.49. The van der Waals surface area contributed by atoms with E-state index in [0.29, 0.717) is 11.2 Å². The largest absolute Gasteiger partial charge is 0.444 e. The topological polar surface area (TPSA) is 137 Å². The molecule has 0 aromatic carbocycles. The number of anilines is 1. The van der Waals surface area contributed by atoms with E-state index in [1.54, 1.807) is 51.3 Å². The third-order valence-corrected chi connectivity index (χ3v) is 5.24. The number of nitrogens with one attached hydrogen (secondary N) is 1. The second kappa shape index (κ2) is 7.38. The summed E-state index contributed by atoms with van der Waals surface area (Å²) in [4.78, 5) is 16.3. The molecule has 170 valence electrons. The molecule has 0 bridgehead atoms.